The molecule has 3 nitrogen and oxygen atoms in total. The number of carbonyl (C=O) groups is 1. The predicted octanol–water partition coefficient (Wildman–Crippen LogP) is 3.70. The van der Waals surface area contributed by atoms with Gasteiger partial charge in [-0.2, -0.15) is 0 Å². The molecule has 0 atom stereocenters. The molecule has 0 radical (unpaired) electrons. The number of nitrogens with one attached hydrogen (secondary N) is 2. The summed E-state index contributed by atoms with van der Waals surface area (Å²) >= 11 is 2.92. The van der Waals surface area contributed by atoms with Crippen LogP contribution in [0.5, 0.6) is 0 Å². The van der Waals surface area contributed by atoms with Crippen LogP contribution in [0.3, 0.4) is 0 Å². The van der Waals surface area contributed by atoms with Gasteiger partial charge in [0.15, 0.2) is 0 Å². The summed E-state index contributed by atoms with van der Waals surface area (Å²) < 4.78 is 27.1. The Morgan fingerprint density at radius 3 is 2.43 bits per heavy atom. The Labute approximate surface area is 129 Å². The maximum absolute atomic E-state index is 13.6. The van der Waals surface area contributed by atoms with Crippen LogP contribution in [0.1, 0.15) is 15.9 Å². The summed E-state index contributed by atoms with van der Waals surface area (Å²) in [5.74, 6) is -1.24. The summed E-state index contributed by atoms with van der Waals surface area (Å²) in [5, 5.41) is 5.35. The van der Waals surface area contributed by atoms with Crippen molar-refractivity contribution < 1.29 is 13.6 Å². The van der Waals surface area contributed by atoms with Gasteiger partial charge in [-0.15, -0.1) is 0 Å². The van der Waals surface area contributed by atoms with Crippen LogP contribution >= 0.6 is 15.9 Å². The zero-order valence-electron chi connectivity index (χ0n) is 11.2. The third-order valence-corrected chi connectivity index (χ3v) is 3.54. The fourth-order valence-electron chi connectivity index (χ4n) is 1.77. The van der Waals surface area contributed by atoms with Crippen LogP contribution < -0.4 is 10.6 Å². The van der Waals surface area contributed by atoms with Gasteiger partial charge in [-0.25, -0.2) is 8.78 Å². The maximum atomic E-state index is 13.6. The first-order valence-corrected chi connectivity index (χ1v) is 7.00. The van der Waals surface area contributed by atoms with Crippen LogP contribution in [0.4, 0.5) is 14.5 Å². The number of carbonyl (C=O) groups excluding carboxylic acids is 1. The van der Waals surface area contributed by atoms with Crippen LogP contribution in [-0.4, -0.2) is 13.0 Å². The smallest absolute Gasteiger partial charge is 0.251 e. The number of halogens is 3. The molecule has 1 amide bonds. The highest BCUT2D eigenvalue weighted by Gasteiger charge is 2.08. The number of rotatable bonds is 4. The van der Waals surface area contributed by atoms with E-state index in [2.05, 4.69) is 26.6 Å². The van der Waals surface area contributed by atoms with Crippen molar-refractivity contribution in [3.8, 4) is 0 Å². The SMILES string of the molecule is CNC(=O)c1ccc(CNc2cc(F)c(Br)cc2F)cc1. The molecule has 0 fully saturated rings. The second kappa shape index (κ2) is 6.67. The Morgan fingerprint density at radius 2 is 1.81 bits per heavy atom. The Morgan fingerprint density at radius 1 is 1.14 bits per heavy atom. The van der Waals surface area contributed by atoms with Crippen molar-refractivity contribution in [1.82, 2.24) is 5.32 Å². The van der Waals surface area contributed by atoms with Gasteiger partial charge in [0.05, 0.1) is 10.2 Å². The van der Waals surface area contributed by atoms with Gasteiger partial charge in [-0.3, -0.25) is 4.79 Å². The molecule has 0 aliphatic rings. The van der Waals surface area contributed by atoms with Crippen LogP contribution in [0, 0.1) is 11.6 Å². The Kier molecular flexibility index (Phi) is 4.90. The monoisotopic (exact) mass is 354 g/mol. The third kappa shape index (κ3) is 3.78. The molecular formula is C15H13BrF2N2O. The average molecular weight is 355 g/mol. The lowest BCUT2D eigenvalue weighted by Gasteiger charge is -2.09. The molecule has 0 unspecified atom stereocenters. The number of benzene rings is 2. The van der Waals surface area contributed by atoms with E-state index in [0.717, 1.165) is 17.7 Å². The molecule has 0 aliphatic carbocycles. The van der Waals surface area contributed by atoms with Crippen molar-refractivity contribution in [2.75, 3.05) is 12.4 Å². The summed E-state index contributed by atoms with van der Waals surface area (Å²) in [6, 6.07) is 9.03. The predicted molar refractivity (Wildman–Crippen MR) is 81.2 cm³/mol. The van der Waals surface area contributed by atoms with Crippen molar-refractivity contribution in [1.29, 1.82) is 0 Å². The van der Waals surface area contributed by atoms with E-state index in [1.54, 1.807) is 31.3 Å². The molecule has 2 aromatic rings. The summed E-state index contributed by atoms with van der Waals surface area (Å²) in [6.07, 6.45) is 0. The molecule has 6 heteroatoms. The van der Waals surface area contributed by atoms with Gasteiger partial charge in [0, 0.05) is 25.2 Å². The highest BCUT2D eigenvalue weighted by Crippen LogP contribution is 2.23. The lowest BCUT2D eigenvalue weighted by atomic mass is 10.1. The topological polar surface area (TPSA) is 41.1 Å². The van der Waals surface area contributed by atoms with Crippen LogP contribution in [-0.2, 0) is 6.54 Å². The Balaban J connectivity index is 2.06. The first-order valence-electron chi connectivity index (χ1n) is 6.20. The second-order valence-corrected chi connectivity index (χ2v) is 5.23. The van der Waals surface area contributed by atoms with Crippen molar-refractivity contribution >= 4 is 27.5 Å². The molecule has 2 rings (SSSR count). The molecule has 0 aromatic heterocycles. The number of amides is 1. The lowest BCUT2D eigenvalue weighted by Crippen LogP contribution is -2.17. The molecule has 0 bridgehead atoms. The van der Waals surface area contributed by atoms with Gasteiger partial charge in [0.2, 0.25) is 0 Å². The van der Waals surface area contributed by atoms with Gasteiger partial charge in [-0.05, 0) is 39.7 Å². The van der Waals surface area contributed by atoms with Crippen LogP contribution in [0.2, 0.25) is 0 Å². The fraction of sp³-hybridized carbons (Fsp3) is 0.133. The van der Waals surface area contributed by atoms with E-state index in [1.165, 1.54) is 0 Å². The molecule has 0 saturated heterocycles. The molecular weight excluding hydrogens is 342 g/mol. The molecule has 0 heterocycles. The van der Waals surface area contributed by atoms with Crippen molar-refractivity contribution in [2.24, 2.45) is 0 Å². The summed E-state index contributed by atoms with van der Waals surface area (Å²) in [5.41, 5.74) is 1.48. The van der Waals surface area contributed by atoms with E-state index in [0.29, 0.717) is 12.1 Å². The second-order valence-electron chi connectivity index (χ2n) is 4.38. The molecule has 2 N–H and O–H groups in total. The summed E-state index contributed by atoms with van der Waals surface area (Å²) in [6.45, 7) is 0.325. The zero-order valence-corrected chi connectivity index (χ0v) is 12.8. The number of hydrogen-bond donors (Lipinski definition) is 2. The van der Waals surface area contributed by atoms with E-state index in [1.807, 2.05) is 0 Å². The number of anilines is 1. The highest BCUT2D eigenvalue weighted by molar-refractivity contribution is 9.10. The van der Waals surface area contributed by atoms with Gasteiger partial charge in [-0.1, -0.05) is 12.1 Å². The average Bonchev–Trinajstić information content (AvgIpc) is 2.49. The fourth-order valence-corrected chi connectivity index (χ4v) is 2.09. The van der Waals surface area contributed by atoms with E-state index in [-0.39, 0.29) is 16.1 Å². The van der Waals surface area contributed by atoms with Crippen molar-refractivity contribution in [2.45, 2.75) is 6.54 Å². The molecule has 21 heavy (non-hydrogen) atoms. The lowest BCUT2D eigenvalue weighted by molar-refractivity contribution is 0.0963. The standard InChI is InChI=1S/C15H13BrF2N2O/c1-19-15(21)10-4-2-9(3-5-10)8-20-14-7-12(17)11(16)6-13(14)18/h2-7,20H,8H2,1H3,(H,19,21). The molecule has 2 aromatic carbocycles. The zero-order chi connectivity index (χ0) is 15.4. The molecule has 0 spiro atoms. The molecule has 110 valence electrons. The van der Waals surface area contributed by atoms with Gasteiger partial charge >= 0.3 is 0 Å². The van der Waals surface area contributed by atoms with Crippen molar-refractivity contribution in [3.63, 3.8) is 0 Å². The minimum absolute atomic E-state index is 0.0838. The normalized spacial score (nSPS) is 10.3. The first kappa shape index (κ1) is 15.4. The Hall–Kier alpha value is -1.95. The minimum Gasteiger partial charge on any atom is -0.379 e. The van der Waals surface area contributed by atoms with E-state index in [4.69, 9.17) is 0 Å². The molecule has 0 saturated carbocycles. The van der Waals surface area contributed by atoms with Crippen LogP contribution in [0.15, 0.2) is 40.9 Å². The van der Waals surface area contributed by atoms with Gasteiger partial charge in [0.25, 0.3) is 5.91 Å². The van der Waals surface area contributed by atoms with E-state index >= 15 is 0 Å². The third-order valence-electron chi connectivity index (χ3n) is 2.94. The highest BCUT2D eigenvalue weighted by atomic mass is 79.9. The molecule has 0 aliphatic heterocycles. The summed E-state index contributed by atoms with van der Waals surface area (Å²) in [4.78, 5) is 11.4. The first-order chi connectivity index (χ1) is 10.0. The maximum Gasteiger partial charge on any atom is 0.251 e. The van der Waals surface area contributed by atoms with E-state index < -0.39 is 11.6 Å². The van der Waals surface area contributed by atoms with Gasteiger partial charge < -0.3 is 10.6 Å². The Bertz CT molecular complexity index is 659. The van der Waals surface area contributed by atoms with Crippen LogP contribution in [0.25, 0.3) is 0 Å². The van der Waals surface area contributed by atoms with Crippen molar-refractivity contribution in [3.05, 3.63) is 63.6 Å². The minimum atomic E-state index is -0.537. The summed E-state index contributed by atoms with van der Waals surface area (Å²) in [7, 11) is 1.56. The quantitative estimate of drug-likeness (QED) is 0.822. The van der Waals surface area contributed by atoms with Gasteiger partial charge in [0.1, 0.15) is 11.6 Å². The number of hydrogen-bond acceptors (Lipinski definition) is 2. The van der Waals surface area contributed by atoms with E-state index in [9.17, 15) is 13.6 Å². The largest absolute Gasteiger partial charge is 0.379 e.